The Morgan fingerprint density at radius 2 is 1.91 bits per heavy atom. The summed E-state index contributed by atoms with van der Waals surface area (Å²) in [6, 6.07) is 6.17. The van der Waals surface area contributed by atoms with E-state index in [1.165, 1.54) is 0 Å². The van der Waals surface area contributed by atoms with Crippen molar-refractivity contribution in [2.45, 2.75) is 26.4 Å². The van der Waals surface area contributed by atoms with Gasteiger partial charge in [-0.25, -0.2) is 0 Å². The van der Waals surface area contributed by atoms with Gasteiger partial charge in [0.25, 0.3) is 0 Å². The van der Waals surface area contributed by atoms with E-state index in [1.807, 2.05) is 19.1 Å². The zero-order valence-corrected chi connectivity index (χ0v) is 21.4. The summed E-state index contributed by atoms with van der Waals surface area (Å²) in [5.74, 6) is 2.90. The Labute approximate surface area is 207 Å². The maximum Gasteiger partial charge on any atom is 0.194 e. The van der Waals surface area contributed by atoms with Crippen LogP contribution in [0.5, 0.6) is 0 Å². The van der Waals surface area contributed by atoms with E-state index in [0.717, 1.165) is 88.7 Å². The number of hydrogen-bond acceptors (Lipinski definition) is 7. The molecule has 0 aliphatic carbocycles. The van der Waals surface area contributed by atoms with E-state index in [4.69, 9.17) is 18.7 Å². The minimum atomic E-state index is 0. The third-order valence-corrected chi connectivity index (χ3v) is 5.87. The van der Waals surface area contributed by atoms with Crippen LogP contribution in [0.1, 0.15) is 30.2 Å². The van der Waals surface area contributed by atoms with Gasteiger partial charge in [0.15, 0.2) is 5.96 Å². The zero-order chi connectivity index (χ0) is 21.5. The lowest BCUT2D eigenvalue weighted by molar-refractivity contribution is 0.0134. The maximum atomic E-state index is 5.99. The number of furan rings is 1. The standard InChI is InChI=1S/C22H34N6O3.HI/c1-3-23-22(28-9-7-26(8-10-28)17-19-6-13-30-25-19)24-16-20(21-5-4-18(2)31-21)27-11-14-29-15-12-27;/h4-6,13,20H,3,7-12,14-17H2,1-2H3,(H,23,24);1H. The molecule has 0 bridgehead atoms. The van der Waals surface area contributed by atoms with Gasteiger partial charge in [0.2, 0.25) is 0 Å². The Kier molecular flexibility index (Phi) is 9.82. The highest BCUT2D eigenvalue weighted by molar-refractivity contribution is 14.0. The molecule has 0 saturated carbocycles. The van der Waals surface area contributed by atoms with Crippen LogP contribution in [0.4, 0.5) is 0 Å². The first kappa shape index (κ1) is 25.0. The predicted molar refractivity (Wildman–Crippen MR) is 133 cm³/mol. The van der Waals surface area contributed by atoms with E-state index in [0.29, 0.717) is 6.54 Å². The molecule has 0 aromatic carbocycles. The van der Waals surface area contributed by atoms with Crippen molar-refractivity contribution in [2.75, 3.05) is 65.6 Å². The fourth-order valence-electron chi connectivity index (χ4n) is 4.17. The number of aliphatic imine (C=N–C) groups is 1. The van der Waals surface area contributed by atoms with Crippen LogP contribution in [0, 0.1) is 6.92 Å². The van der Waals surface area contributed by atoms with Crippen molar-refractivity contribution in [3.8, 4) is 0 Å². The van der Waals surface area contributed by atoms with Crippen molar-refractivity contribution in [1.82, 2.24) is 25.2 Å². The average molecular weight is 558 g/mol. The number of aromatic nitrogens is 1. The van der Waals surface area contributed by atoms with E-state index in [9.17, 15) is 0 Å². The van der Waals surface area contributed by atoms with Gasteiger partial charge >= 0.3 is 0 Å². The number of hydrogen-bond donors (Lipinski definition) is 1. The minimum Gasteiger partial charge on any atom is -0.465 e. The Balaban J connectivity index is 0.00000289. The summed E-state index contributed by atoms with van der Waals surface area (Å²) in [6.45, 7) is 13.6. The minimum absolute atomic E-state index is 0. The van der Waals surface area contributed by atoms with E-state index in [-0.39, 0.29) is 30.0 Å². The lowest BCUT2D eigenvalue weighted by Crippen LogP contribution is -2.52. The summed E-state index contributed by atoms with van der Waals surface area (Å²) < 4.78 is 16.5. The van der Waals surface area contributed by atoms with Gasteiger partial charge in [-0.3, -0.25) is 14.8 Å². The molecule has 4 heterocycles. The van der Waals surface area contributed by atoms with Crippen LogP contribution in [-0.4, -0.2) is 91.4 Å². The molecular weight excluding hydrogens is 523 g/mol. The number of piperazine rings is 1. The molecule has 2 aromatic heterocycles. The van der Waals surface area contributed by atoms with Gasteiger partial charge in [0.1, 0.15) is 17.8 Å². The lowest BCUT2D eigenvalue weighted by Gasteiger charge is -2.37. The van der Waals surface area contributed by atoms with Crippen LogP contribution in [0.3, 0.4) is 0 Å². The molecule has 2 aliphatic rings. The first-order chi connectivity index (χ1) is 15.2. The number of rotatable bonds is 7. The predicted octanol–water partition coefficient (Wildman–Crippen LogP) is 2.35. The molecule has 1 N–H and O–H groups in total. The fraction of sp³-hybridized carbons (Fsp3) is 0.636. The van der Waals surface area contributed by atoms with Gasteiger partial charge in [0, 0.05) is 58.4 Å². The highest BCUT2D eigenvalue weighted by Crippen LogP contribution is 2.24. The molecule has 32 heavy (non-hydrogen) atoms. The van der Waals surface area contributed by atoms with Crippen molar-refractivity contribution in [2.24, 2.45) is 4.99 Å². The second kappa shape index (κ2) is 12.6. The SMILES string of the molecule is CCNC(=NCC(c1ccc(C)o1)N1CCOCC1)N1CCN(Cc2ccon2)CC1.I. The highest BCUT2D eigenvalue weighted by Gasteiger charge is 2.26. The van der Waals surface area contributed by atoms with Gasteiger partial charge in [0.05, 0.1) is 31.5 Å². The summed E-state index contributed by atoms with van der Waals surface area (Å²) in [4.78, 5) is 12.2. The summed E-state index contributed by atoms with van der Waals surface area (Å²) in [5.41, 5.74) is 0.983. The summed E-state index contributed by atoms with van der Waals surface area (Å²) >= 11 is 0. The van der Waals surface area contributed by atoms with E-state index in [2.05, 4.69) is 38.2 Å². The van der Waals surface area contributed by atoms with Crippen molar-refractivity contribution in [3.05, 3.63) is 41.7 Å². The van der Waals surface area contributed by atoms with Crippen LogP contribution in [0.15, 0.2) is 38.4 Å². The molecular formula is C22H35IN6O3. The molecule has 10 heteroatoms. The summed E-state index contributed by atoms with van der Waals surface area (Å²) in [6.07, 6.45) is 1.63. The molecule has 0 amide bonds. The fourth-order valence-corrected chi connectivity index (χ4v) is 4.17. The van der Waals surface area contributed by atoms with Crippen LogP contribution in [0.2, 0.25) is 0 Å². The Morgan fingerprint density at radius 1 is 1.12 bits per heavy atom. The Morgan fingerprint density at radius 3 is 2.53 bits per heavy atom. The Bertz CT molecular complexity index is 814. The highest BCUT2D eigenvalue weighted by atomic mass is 127. The molecule has 178 valence electrons. The molecule has 0 spiro atoms. The molecule has 2 aromatic rings. The molecule has 1 unspecified atom stereocenters. The van der Waals surface area contributed by atoms with Gasteiger partial charge in [-0.15, -0.1) is 24.0 Å². The average Bonchev–Trinajstić information content (AvgIpc) is 3.46. The maximum absolute atomic E-state index is 5.99. The van der Waals surface area contributed by atoms with Crippen LogP contribution in [-0.2, 0) is 11.3 Å². The summed E-state index contributed by atoms with van der Waals surface area (Å²) in [5, 5.41) is 7.51. The molecule has 4 rings (SSSR count). The second-order valence-corrected chi connectivity index (χ2v) is 8.06. The zero-order valence-electron chi connectivity index (χ0n) is 19.0. The number of nitrogens with zero attached hydrogens (tertiary/aromatic N) is 5. The molecule has 1 atom stereocenters. The normalized spacial score (nSPS) is 19.6. The first-order valence-corrected chi connectivity index (χ1v) is 11.3. The lowest BCUT2D eigenvalue weighted by atomic mass is 10.1. The van der Waals surface area contributed by atoms with E-state index < -0.39 is 0 Å². The van der Waals surface area contributed by atoms with Gasteiger partial charge < -0.3 is 23.9 Å². The number of morpholine rings is 1. The number of guanidine groups is 1. The molecule has 0 radical (unpaired) electrons. The van der Waals surface area contributed by atoms with Gasteiger partial charge in [-0.05, 0) is 26.0 Å². The topological polar surface area (TPSA) is 82.5 Å². The van der Waals surface area contributed by atoms with E-state index >= 15 is 0 Å². The number of aryl methyl sites for hydroxylation is 1. The van der Waals surface area contributed by atoms with Gasteiger partial charge in [-0.1, -0.05) is 5.16 Å². The smallest absolute Gasteiger partial charge is 0.194 e. The molecule has 2 fully saturated rings. The van der Waals surface area contributed by atoms with Crippen molar-refractivity contribution in [1.29, 1.82) is 0 Å². The van der Waals surface area contributed by atoms with Crippen molar-refractivity contribution >= 4 is 29.9 Å². The third kappa shape index (κ3) is 6.69. The molecule has 9 nitrogen and oxygen atoms in total. The Hall–Kier alpha value is -1.63. The van der Waals surface area contributed by atoms with Crippen LogP contribution >= 0.6 is 24.0 Å². The number of nitrogens with one attached hydrogen (secondary N) is 1. The monoisotopic (exact) mass is 558 g/mol. The molecule has 2 saturated heterocycles. The largest absolute Gasteiger partial charge is 0.465 e. The van der Waals surface area contributed by atoms with Crippen molar-refractivity contribution in [3.63, 3.8) is 0 Å². The van der Waals surface area contributed by atoms with Crippen LogP contribution < -0.4 is 5.32 Å². The second-order valence-electron chi connectivity index (χ2n) is 8.06. The number of halogens is 1. The van der Waals surface area contributed by atoms with Gasteiger partial charge in [-0.2, -0.15) is 0 Å². The van der Waals surface area contributed by atoms with E-state index in [1.54, 1.807) is 6.26 Å². The van der Waals surface area contributed by atoms with Crippen LogP contribution in [0.25, 0.3) is 0 Å². The quantitative estimate of drug-likeness (QED) is 0.315. The molecule has 2 aliphatic heterocycles. The first-order valence-electron chi connectivity index (χ1n) is 11.3. The summed E-state index contributed by atoms with van der Waals surface area (Å²) in [7, 11) is 0. The van der Waals surface area contributed by atoms with Crippen molar-refractivity contribution < 1.29 is 13.7 Å². The third-order valence-electron chi connectivity index (χ3n) is 5.87. The number of ether oxygens (including phenoxy) is 1.